The molecule has 3 amide bonds. The minimum atomic E-state index is -0.953. The van der Waals surface area contributed by atoms with Gasteiger partial charge in [0, 0.05) is 13.1 Å². The molecule has 1 aromatic carbocycles. The molecule has 0 aliphatic carbocycles. The minimum absolute atomic E-state index is 0.112. The zero-order valence-corrected chi connectivity index (χ0v) is 13.5. The third kappa shape index (κ3) is 2.46. The summed E-state index contributed by atoms with van der Waals surface area (Å²) in [6.45, 7) is 3.76. The number of aryl methyl sites for hydroxylation is 1. The number of benzene rings is 1. The first kappa shape index (κ1) is 16.2. The fourth-order valence-corrected chi connectivity index (χ4v) is 3.26. The third-order valence-electron chi connectivity index (χ3n) is 4.67. The van der Waals surface area contributed by atoms with E-state index in [1.165, 1.54) is 11.8 Å². The van der Waals surface area contributed by atoms with Crippen molar-refractivity contribution in [2.75, 3.05) is 13.1 Å². The van der Waals surface area contributed by atoms with Gasteiger partial charge in [-0.3, -0.25) is 24.1 Å². The summed E-state index contributed by atoms with van der Waals surface area (Å²) >= 11 is 0. The number of fused-ring (bicyclic) bond motifs is 1. The van der Waals surface area contributed by atoms with Gasteiger partial charge in [0.1, 0.15) is 6.04 Å². The average Bonchev–Trinajstić information content (AvgIpc) is 3.11. The van der Waals surface area contributed by atoms with E-state index < -0.39 is 35.7 Å². The Kier molecular flexibility index (Phi) is 3.87. The van der Waals surface area contributed by atoms with Crippen molar-refractivity contribution in [2.24, 2.45) is 5.92 Å². The summed E-state index contributed by atoms with van der Waals surface area (Å²) in [6, 6.07) is 4.03. The number of aliphatic carboxylic acids is 1. The van der Waals surface area contributed by atoms with E-state index in [-0.39, 0.29) is 6.54 Å². The molecule has 2 aliphatic rings. The van der Waals surface area contributed by atoms with Crippen molar-refractivity contribution in [3.8, 4) is 0 Å². The average molecular weight is 330 g/mol. The van der Waals surface area contributed by atoms with Gasteiger partial charge in [-0.05, 0) is 32.4 Å². The van der Waals surface area contributed by atoms with Crippen molar-refractivity contribution >= 4 is 23.7 Å². The molecule has 24 heavy (non-hydrogen) atoms. The van der Waals surface area contributed by atoms with Crippen molar-refractivity contribution in [2.45, 2.75) is 26.3 Å². The molecule has 0 spiro atoms. The number of carboxylic acid groups (broad SMARTS) is 1. The van der Waals surface area contributed by atoms with Crippen LogP contribution in [0, 0.1) is 12.8 Å². The molecule has 126 valence electrons. The van der Waals surface area contributed by atoms with E-state index in [0.717, 1.165) is 10.5 Å². The number of hydrogen-bond acceptors (Lipinski definition) is 4. The summed E-state index contributed by atoms with van der Waals surface area (Å²) in [7, 11) is 0. The van der Waals surface area contributed by atoms with E-state index in [2.05, 4.69) is 0 Å². The second-order valence-electron chi connectivity index (χ2n) is 6.31. The number of carbonyl (C=O) groups is 4. The summed E-state index contributed by atoms with van der Waals surface area (Å²) in [4.78, 5) is 51.0. The normalized spacial score (nSPS) is 21.2. The molecular weight excluding hydrogens is 312 g/mol. The van der Waals surface area contributed by atoms with Crippen LogP contribution in [0.4, 0.5) is 0 Å². The van der Waals surface area contributed by atoms with Gasteiger partial charge in [0.05, 0.1) is 17.0 Å². The molecule has 0 radical (unpaired) electrons. The molecule has 2 unspecified atom stereocenters. The number of imide groups is 1. The second-order valence-corrected chi connectivity index (χ2v) is 6.31. The number of nitrogens with zero attached hydrogens (tertiary/aromatic N) is 2. The van der Waals surface area contributed by atoms with Crippen LogP contribution in [0.3, 0.4) is 0 Å². The Hall–Kier alpha value is -2.70. The van der Waals surface area contributed by atoms with E-state index in [9.17, 15) is 19.2 Å². The fraction of sp³-hybridized carbons (Fsp3) is 0.412. The van der Waals surface area contributed by atoms with Gasteiger partial charge in [-0.1, -0.05) is 11.6 Å². The zero-order chi connectivity index (χ0) is 17.6. The van der Waals surface area contributed by atoms with Crippen molar-refractivity contribution < 1.29 is 24.3 Å². The lowest BCUT2D eigenvalue weighted by Crippen LogP contribution is -2.49. The molecular formula is C17H18N2O5. The molecule has 1 aromatic rings. The first-order chi connectivity index (χ1) is 11.3. The van der Waals surface area contributed by atoms with Crippen LogP contribution >= 0.6 is 0 Å². The number of carboxylic acids is 1. The van der Waals surface area contributed by atoms with E-state index in [4.69, 9.17) is 5.11 Å². The molecule has 2 atom stereocenters. The van der Waals surface area contributed by atoms with E-state index in [0.29, 0.717) is 24.1 Å². The van der Waals surface area contributed by atoms with Crippen LogP contribution in [0.5, 0.6) is 0 Å². The van der Waals surface area contributed by atoms with Crippen LogP contribution in [0.25, 0.3) is 0 Å². The summed E-state index contributed by atoms with van der Waals surface area (Å²) in [5.41, 5.74) is 1.47. The third-order valence-corrected chi connectivity index (χ3v) is 4.67. The highest BCUT2D eigenvalue weighted by Gasteiger charge is 2.43. The quantitative estimate of drug-likeness (QED) is 0.831. The van der Waals surface area contributed by atoms with Crippen molar-refractivity contribution in [1.29, 1.82) is 0 Å². The summed E-state index contributed by atoms with van der Waals surface area (Å²) in [5.74, 6) is -2.89. The van der Waals surface area contributed by atoms with Gasteiger partial charge in [0.25, 0.3) is 11.8 Å². The van der Waals surface area contributed by atoms with Crippen LogP contribution in [0.15, 0.2) is 18.2 Å². The highest BCUT2D eigenvalue weighted by Crippen LogP contribution is 2.27. The lowest BCUT2D eigenvalue weighted by Gasteiger charge is -2.26. The Labute approximate surface area is 138 Å². The molecule has 1 N–H and O–H groups in total. The van der Waals surface area contributed by atoms with Crippen LogP contribution in [-0.4, -0.2) is 57.7 Å². The highest BCUT2D eigenvalue weighted by molar-refractivity contribution is 6.22. The number of amides is 3. The van der Waals surface area contributed by atoms with E-state index in [1.807, 2.05) is 6.92 Å². The molecule has 7 nitrogen and oxygen atoms in total. The Morgan fingerprint density at radius 1 is 1.21 bits per heavy atom. The van der Waals surface area contributed by atoms with Gasteiger partial charge in [-0.15, -0.1) is 0 Å². The molecule has 0 saturated carbocycles. The Morgan fingerprint density at radius 3 is 2.50 bits per heavy atom. The lowest BCUT2D eigenvalue weighted by molar-refractivity contribution is -0.141. The molecule has 7 heteroatoms. The zero-order valence-electron chi connectivity index (χ0n) is 13.5. The van der Waals surface area contributed by atoms with Crippen molar-refractivity contribution in [3.63, 3.8) is 0 Å². The largest absolute Gasteiger partial charge is 0.481 e. The molecule has 2 heterocycles. The van der Waals surface area contributed by atoms with Crippen LogP contribution in [-0.2, 0) is 9.59 Å². The Balaban J connectivity index is 1.80. The van der Waals surface area contributed by atoms with Crippen LogP contribution in [0.1, 0.15) is 39.6 Å². The van der Waals surface area contributed by atoms with Gasteiger partial charge in [-0.25, -0.2) is 0 Å². The SMILES string of the molecule is Cc1ccc2c(c1)C(=O)N(C(C)C(=O)N1CCC(C(=O)O)C1)C2=O. The Morgan fingerprint density at radius 2 is 1.88 bits per heavy atom. The smallest absolute Gasteiger partial charge is 0.308 e. The molecule has 0 bridgehead atoms. The number of rotatable bonds is 3. The molecule has 1 saturated heterocycles. The van der Waals surface area contributed by atoms with Crippen molar-refractivity contribution in [3.05, 3.63) is 34.9 Å². The predicted octanol–water partition coefficient (Wildman–Crippen LogP) is 0.913. The van der Waals surface area contributed by atoms with E-state index in [1.54, 1.807) is 18.2 Å². The molecule has 3 rings (SSSR count). The summed E-state index contributed by atoms with van der Waals surface area (Å²) in [6.07, 6.45) is 0.384. The van der Waals surface area contributed by atoms with Crippen LogP contribution < -0.4 is 0 Å². The standard InChI is InChI=1S/C17H18N2O5/c1-9-3-4-12-13(7-9)16(22)19(15(12)21)10(2)14(20)18-6-5-11(8-18)17(23)24/h3-4,7,10-11H,5-6,8H2,1-2H3,(H,23,24). The number of carbonyl (C=O) groups excluding carboxylic acids is 3. The maximum Gasteiger partial charge on any atom is 0.308 e. The minimum Gasteiger partial charge on any atom is -0.481 e. The van der Waals surface area contributed by atoms with Crippen molar-refractivity contribution in [1.82, 2.24) is 9.80 Å². The summed E-state index contributed by atoms with van der Waals surface area (Å²) < 4.78 is 0. The number of hydrogen-bond donors (Lipinski definition) is 1. The molecule has 2 aliphatic heterocycles. The monoisotopic (exact) mass is 330 g/mol. The first-order valence-corrected chi connectivity index (χ1v) is 7.81. The highest BCUT2D eigenvalue weighted by atomic mass is 16.4. The fourth-order valence-electron chi connectivity index (χ4n) is 3.26. The van der Waals surface area contributed by atoms with Crippen LogP contribution in [0.2, 0.25) is 0 Å². The topological polar surface area (TPSA) is 95.0 Å². The van der Waals surface area contributed by atoms with Gasteiger partial charge in [0.2, 0.25) is 5.91 Å². The summed E-state index contributed by atoms with van der Waals surface area (Å²) in [5, 5.41) is 9.03. The predicted molar refractivity (Wildman–Crippen MR) is 83.5 cm³/mol. The first-order valence-electron chi connectivity index (χ1n) is 7.81. The number of likely N-dealkylation sites (tertiary alicyclic amines) is 1. The maximum atomic E-state index is 12.6. The molecule has 1 fully saturated rings. The van der Waals surface area contributed by atoms with E-state index >= 15 is 0 Å². The second kappa shape index (κ2) is 5.74. The van der Waals surface area contributed by atoms with Gasteiger partial charge in [-0.2, -0.15) is 0 Å². The maximum absolute atomic E-state index is 12.6. The molecule has 0 aromatic heterocycles. The lowest BCUT2D eigenvalue weighted by atomic mass is 10.1. The van der Waals surface area contributed by atoms with Gasteiger partial charge >= 0.3 is 5.97 Å². The van der Waals surface area contributed by atoms with Gasteiger partial charge < -0.3 is 10.0 Å². The van der Waals surface area contributed by atoms with Gasteiger partial charge in [0.15, 0.2) is 0 Å². The Bertz CT molecular complexity index is 757.